The zero-order valence-corrected chi connectivity index (χ0v) is 17.2. The number of carbonyl (C=O) groups is 1. The van der Waals surface area contributed by atoms with Gasteiger partial charge in [0.1, 0.15) is 5.82 Å². The molecule has 0 bridgehead atoms. The molecule has 0 spiro atoms. The van der Waals surface area contributed by atoms with Crippen LogP contribution in [0.3, 0.4) is 0 Å². The van der Waals surface area contributed by atoms with Crippen LogP contribution in [-0.4, -0.2) is 20.7 Å². The van der Waals surface area contributed by atoms with Crippen LogP contribution in [-0.2, 0) is 0 Å². The molecule has 5 rings (SSSR count). The summed E-state index contributed by atoms with van der Waals surface area (Å²) < 4.78 is 1.70. The lowest BCUT2D eigenvalue weighted by molar-refractivity contribution is -0.384. The molecule has 0 fully saturated rings. The number of anilines is 2. The largest absolute Gasteiger partial charge is 0.328 e. The normalized spacial score (nSPS) is 15.2. The van der Waals surface area contributed by atoms with Gasteiger partial charge in [-0.3, -0.25) is 20.3 Å². The first-order valence-corrected chi connectivity index (χ1v) is 10.1. The van der Waals surface area contributed by atoms with Gasteiger partial charge in [0, 0.05) is 23.4 Å². The van der Waals surface area contributed by atoms with E-state index in [0.29, 0.717) is 17.1 Å². The Morgan fingerprint density at radius 2 is 1.59 bits per heavy atom. The first-order chi connectivity index (χ1) is 15.5. The predicted octanol–water partition coefficient (Wildman–Crippen LogP) is 5.23. The second-order valence-corrected chi connectivity index (χ2v) is 7.49. The van der Waals surface area contributed by atoms with Crippen molar-refractivity contribution in [3.05, 3.63) is 112 Å². The number of amides is 2. The van der Waals surface area contributed by atoms with Crippen LogP contribution in [0.15, 0.2) is 84.9 Å². The van der Waals surface area contributed by atoms with Crippen LogP contribution in [0.4, 0.5) is 22.0 Å². The SMILES string of the molecule is Cc1nn(-c2ccccc2)c2c1C(c1cccc([N+](=O)[O-])c1)N(c1ccccc1)C(=O)N2. The maximum atomic E-state index is 13.4. The number of rotatable bonds is 4. The first-order valence-electron chi connectivity index (χ1n) is 10.1. The lowest BCUT2D eigenvalue weighted by Gasteiger charge is -2.36. The molecule has 1 unspecified atom stereocenters. The van der Waals surface area contributed by atoms with Crippen molar-refractivity contribution < 1.29 is 9.72 Å². The molecule has 2 amide bonds. The molecule has 2 heterocycles. The molecule has 1 aliphatic heterocycles. The van der Waals surface area contributed by atoms with E-state index in [-0.39, 0.29) is 11.7 Å². The number of nitrogens with one attached hydrogen (secondary N) is 1. The Labute approximate surface area is 183 Å². The number of aryl methyl sites for hydroxylation is 1. The average molecular weight is 425 g/mol. The van der Waals surface area contributed by atoms with Crippen molar-refractivity contribution in [1.29, 1.82) is 0 Å². The van der Waals surface area contributed by atoms with Gasteiger partial charge < -0.3 is 0 Å². The number of hydrogen-bond donors (Lipinski definition) is 1. The van der Waals surface area contributed by atoms with Gasteiger partial charge in [-0.15, -0.1) is 0 Å². The molecule has 8 heteroatoms. The number of nitrogens with zero attached hydrogens (tertiary/aromatic N) is 4. The summed E-state index contributed by atoms with van der Waals surface area (Å²) in [6, 6.07) is 24.3. The number of fused-ring (bicyclic) bond motifs is 1. The topological polar surface area (TPSA) is 93.3 Å². The second kappa shape index (κ2) is 7.66. The van der Waals surface area contributed by atoms with E-state index in [1.807, 2.05) is 67.6 Å². The maximum absolute atomic E-state index is 13.4. The lowest BCUT2D eigenvalue weighted by atomic mass is 9.94. The fourth-order valence-electron chi connectivity index (χ4n) is 4.13. The third-order valence-electron chi connectivity index (χ3n) is 5.51. The Morgan fingerprint density at radius 3 is 2.25 bits per heavy atom. The summed E-state index contributed by atoms with van der Waals surface area (Å²) in [5.74, 6) is 0.558. The molecule has 8 nitrogen and oxygen atoms in total. The van der Waals surface area contributed by atoms with Crippen molar-refractivity contribution in [2.45, 2.75) is 13.0 Å². The molecule has 0 aliphatic carbocycles. The Balaban J connectivity index is 1.76. The second-order valence-electron chi connectivity index (χ2n) is 7.49. The van der Waals surface area contributed by atoms with Gasteiger partial charge in [-0.25, -0.2) is 9.48 Å². The van der Waals surface area contributed by atoms with Crippen molar-refractivity contribution in [3.8, 4) is 5.69 Å². The van der Waals surface area contributed by atoms with Gasteiger partial charge in [-0.1, -0.05) is 48.5 Å². The number of nitro benzene ring substituents is 1. The van der Waals surface area contributed by atoms with E-state index in [9.17, 15) is 14.9 Å². The Bertz CT molecular complexity index is 1320. The first kappa shape index (κ1) is 19.5. The number of non-ortho nitro benzene ring substituents is 1. The van der Waals surface area contributed by atoms with Crippen LogP contribution < -0.4 is 10.2 Å². The molecule has 158 valence electrons. The van der Waals surface area contributed by atoms with Crippen molar-refractivity contribution in [3.63, 3.8) is 0 Å². The van der Waals surface area contributed by atoms with Gasteiger partial charge in [-0.2, -0.15) is 5.10 Å². The molecule has 1 N–H and O–H groups in total. The van der Waals surface area contributed by atoms with Gasteiger partial charge in [0.05, 0.1) is 22.3 Å². The van der Waals surface area contributed by atoms with Crippen LogP contribution in [0, 0.1) is 17.0 Å². The molecule has 0 saturated heterocycles. The van der Waals surface area contributed by atoms with Crippen LogP contribution >= 0.6 is 0 Å². The number of hydrogen-bond acceptors (Lipinski definition) is 4. The summed E-state index contributed by atoms with van der Waals surface area (Å²) in [5, 5.41) is 19.1. The molecular formula is C24H19N5O3. The van der Waals surface area contributed by atoms with Crippen LogP contribution in [0.25, 0.3) is 5.69 Å². The molecule has 1 atom stereocenters. The predicted molar refractivity (Wildman–Crippen MR) is 121 cm³/mol. The molecule has 4 aromatic rings. The minimum absolute atomic E-state index is 0.0313. The fraction of sp³-hybridized carbons (Fsp3) is 0.0833. The lowest BCUT2D eigenvalue weighted by Crippen LogP contribution is -2.43. The smallest absolute Gasteiger partial charge is 0.291 e. The van der Waals surface area contributed by atoms with Gasteiger partial charge >= 0.3 is 6.03 Å². The number of carbonyl (C=O) groups excluding carboxylic acids is 1. The van der Waals surface area contributed by atoms with Gasteiger partial charge in [0.25, 0.3) is 5.69 Å². The van der Waals surface area contributed by atoms with E-state index in [4.69, 9.17) is 5.10 Å². The van der Waals surface area contributed by atoms with Crippen molar-refractivity contribution in [2.24, 2.45) is 0 Å². The molecule has 1 aliphatic rings. The summed E-state index contributed by atoms with van der Waals surface area (Å²) in [6.07, 6.45) is 0. The number of benzene rings is 3. The third-order valence-corrected chi connectivity index (χ3v) is 5.51. The number of aromatic nitrogens is 2. The summed E-state index contributed by atoms with van der Waals surface area (Å²) in [7, 11) is 0. The highest BCUT2D eigenvalue weighted by atomic mass is 16.6. The number of nitro groups is 1. The summed E-state index contributed by atoms with van der Waals surface area (Å²) in [4.78, 5) is 26.0. The van der Waals surface area contributed by atoms with Gasteiger partial charge in [0.15, 0.2) is 0 Å². The summed E-state index contributed by atoms with van der Waals surface area (Å²) in [6.45, 7) is 1.88. The highest BCUT2D eigenvalue weighted by Gasteiger charge is 2.39. The zero-order valence-electron chi connectivity index (χ0n) is 17.2. The molecule has 3 aromatic carbocycles. The molecule has 0 radical (unpaired) electrons. The summed E-state index contributed by atoms with van der Waals surface area (Å²) >= 11 is 0. The molecule has 32 heavy (non-hydrogen) atoms. The van der Waals surface area contributed by atoms with Crippen LogP contribution in [0.1, 0.15) is 22.9 Å². The Hall–Kier alpha value is -4.46. The monoisotopic (exact) mass is 425 g/mol. The van der Waals surface area contributed by atoms with E-state index in [1.54, 1.807) is 21.7 Å². The van der Waals surface area contributed by atoms with E-state index >= 15 is 0 Å². The van der Waals surface area contributed by atoms with E-state index in [1.165, 1.54) is 12.1 Å². The van der Waals surface area contributed by atoms with Crippen LogP contribution in [0.5, 0.6) is 0 Å². The quantitative estimate of drug-likeness (QED) is 0.358. The third kappa shape index (κ3) is 3.18. The number of para-hydroxylation sites is 2. The zero-order chi connectivity index (χ0) is 22.2. The van der Waals surface area contributed by atoms with Crippen LogP contribution in [0.2, 0.25) is 0 Å². The van der Waals surface area contributed by atoms with E-state index in [2.05, 4.69) is 5.32 Å². The maximum Gasteiger partial charge on any atom is 0.328 e. The molecule has 1 aromatic heterocycles. The molecular weight excluding hydrogens is 406 g/mol. The standard InChI is InChI=1S/C24H19N5O3/c1-16-21-22(17-9-8-14-20(15-17)29(31)32)27(18-10-4-2-5-11-18)24(30)25-23(21)28(26-16)19-12-6-3-7-13-19/h2-15,22H,1H3,(H,25,30). The Kier molecular flexibility index (Phi) is 4.67. The highest BCUT2D eigenvalue weighted by Crippen LogP contribution is 2.43. The highest BCUT2D eigenvalue weighted by molar-refractivity contribution is 6.05. The average Bonchev–Trinajstić information content (AvgIpc) is 3.15. The minimum Gasteiger partial charge on any atom is -0.291 e. The summed E-state index contributed by atoms with van der Waals surface area (Å²) in [5.41, 5.74) is 3.60. The van der Waals surface area contributed by atoms with E-state index < -0.39 is 11.0 Å². The van der Waals surface area contributed by atoms with Crippen molar-refractivity contribution in [2.75, 3.05) is 10.2 Å². The molecule has 0 saturated carbocycles. The van der Waals surface area contributed by atoms with Gasteiger partial charge in [-0.05, 0) is 36.8 Å². The Morgan fingerprint density at radius 1 is 0.938 bits per heavy atom. The van der Waals surface area contributed by atoms with Crippen molar-refractivity contribution >= 4 is 23.2 Å². The minimum atomic E-state index is -0.585. The van der Waals surface area contributed by atoms with Crippen molar-refractivity contribution in [1.82, 2.24) is 9.78 Å². The number of urea groups is 1. The fourth-order valence-corrected chi connectivity index (χ4v) is 4.13. The van der Waals surface area contributed by atoms with E-state index in [0.717, 1.165) is 16.9 Å². The van der Waals surface area contributed by atoms with Gasteiger partial charge in [0.2, 0.25) is 0 Å².